The number of ether oxygens (including phenoxy) is 2. The van der Waals surface area contributed by atoms with Gasteiger partial charge >= 0.3 is 0 Å². The minimum absolute atomic E-state index is 0. The first kappa shape index (κ1) is 25.3. The van der Waals surface area contributed by atoms with Gasteiger partial charge in [-0.3, -0.25) is 9.59 Å². The van der Waals surface area contributed by atoms with Crippen molar-refractivity contribution in [1.29, 1.82) is 0 Å². The third kappa shape index (κ3) is 7.96. The summed E-state index contributed by atoms with van der Waals surface area (Å²) >= 11 is 0. The number of carbonyl (C=O) groups excluding carboxylic acids is 2. The fourth-order valence-corrected chi connectivity index (χ4v) is 3.51. The predicted octanol–water partition coefficient (Wildman–Crippen LogP) is 3.55. The molecule has 1 aliphatic rings. The third-order valence-corrected chi connectivity index (χ3v) is 5.33. The number of hydrogen-bond donors (Lipinski definition) is 0. The molecule has 0 unspecified atom stereocenters. The van der Waals surface area contributed by atoms with E-state index in [1.165, 1.54) is 0 Å². The van der Waals surface area contributed by atoms with Crippen LogP contribution in [-0.2, 0) is 46.7 Å². The van der Waals surface area contributed by atoms with Crippen molar-refractivity contribution in [3.05, 3.63) is 11.9 Å². The van der Waals surface area contributed by atoms with Crippen LogP contribution in [0.1, 0.15) is 71.5 Å². The molecule has 28 heavy (non-hydrogen) atoms. The maximum atomic E-state index is 12.1. The first-order valence-electron chi connectivity index (χ1n) is 10.3. The molecule has 2 rings (SSSR count). The SMILES string of the molecule is CC(C)C(=O)CCOCCOCc1cn(C2CCC(C(=O)C(C)C)CC2)[n-]1.[W]. The topological polar surface area (TPSA) is 71.6 Å². The van der Waals surface area contributed by atoms with E-state index in [1.54, 1.807) is 0 Å². The van der Waals surface area contributed by atoms with Crippen LogP contribution in [0.3, 0.4) is 0 Å². The Bertz CT molecular complexity index is 574. The van der Waals surface area contributed by atoms with Crippen molar-refractivity contribution in [3.63, 3.8) is 0 Å². The van der Waals surface area contributed by atoms with Gasteiger partial charge < -0.3 is 19.3 Å². The van der Waals surface area contributed by atoms with Gasteiger partial charge in [0.1, 0.15) is 11.6 Å². The summed E-state index contributed by atoms with van der Waals surface area (Å²) < 4.78 is 13.0. The van der Waals surface area contributed by atoms with Gasteiger partial charge in [-0.1, -0.05) is 27.7 Å². The first-order chi connectivity index (χ1) is 12.9. The number of nitrogens with zero attached hydrogens (tertiary/aromatic N) is 2. The van der Waals surface area contributed by atoms with Crippen molar-refractivity contribution in [2.75, 3.05) is 19.8 Å². The normalized spacial score (nSPS) is 19.8. The molecule has 7 heteroatoms. The molecule has 0 atom stereocenters. The maximum Gasteiger partial charge on any atom is 0.138 e. The molecule has 0 amide bonds. The molecular formula is C21H35N2O4W-. The molecule has 0 saturated heterocycles. The molecule has 160 valence electrons. The fourth-order valence-electron chi connectivity index (χ4n) is 3.51. The molecule has 0 spiro atoms. The van der Waals surface area contributed by atoms with Crippen LogP contribution in [0, 0.1) is 17.8 Å². The Balaban J connectivity index is 0.00000392. The predicted molar refractivity (Wildman–Crippen MR) is 104 cm³/mol. The van der Waals surface area contributed by atoms with Crippen molar-refractivity contribution < 1.29 is 40.1 Å². The van der Waals surface area contributed by atoms with Crippen LogP contribution in [0.2, 0.25) is 0 Å². The molecule has 0 bridgehead atoms. The van der Waals surface area contributed by atoms with E-state index in [1.807, 2.05) is 32.4 Å². The quantitative estimate of drug-likeness (QED) is 0.364. The Labute approximate surface area is 183 Å². The Morgan fingerprint density at radius 2 is 1.64 bits per heavy atom. The fraction of sp³-hybridized carbons (Fsp3) is 0.810. The van der Waals surface area contributed by atoms with Crippen molar-refractivity contribution in [3.8, 4) is 0 Å². The monoisotopic (exact) mass is 563 g/mol. The van der Waals surface area contributed by atoms with Crippen LogP contribution >= 0.6 is 0 Å². The number of ketones is 2. The van der Waals surface area contributed by atoms with Crippen molar-refractivity contribution in [2.45, 2.75) is 72.4 Å². The number of hydrogen-bond acceptors (Lipinski definition) is 4. The van der Waals surface area contributed by atoms with Gasteiger partial charge in [-0.15, -0.1) is 5.69 Å². The van der Waals surface area contributed by atoms with Gasteiger partial charge in [-0.2, -0.15) is 0 Å². The van der Waals surface area contributed by atoms with E-state index < -0.39 is 0 Å². The second kappa shape index (κ2) is 12.8. The average Bonchev–Trinajstić information content (AvgIpc) is 2.61. The molecule has 1 heterocycles. The molecule has 0 N–H and O–H groups in total. The van der Waals surface area contributed by atoms with E-state index in [9.17, 15) is 9.59 Å². The zero-order chi connectivity index (χ0) is 19.8. The van der Waals surface area contributed by atoms with E-state index in [2.05, 4.69) is 11.3 Å². The summed E-state index contributed by atoms with van der Waals surface area (Å²) in [6, 6.07) is 0.423. The Morgan fingerprint density at radius 3 is 2.21 bits per heavy atom. The van der Waals surface area contributed by atoms with Crippen molar-refractivity contribution >= 4 is 11.6 Å². The smallest absolute Gasteiger partial charge is 0.138 e. The summed E-state index contributed by atoms with van der Waals surface area (Å²) in [4.78, 5) is 23.6. The minimum Gasteiger partial charge on any atom is -0.596 e. The van der Waals surface area contributed by atoms with Crippen LogP contribution < -0.4 is 5.10 Å². The molecule has 1 aromatic rings. The zero-order valence-corrected chi connectivity index (χ0v) is 20.6. The molecule has 1 aliphatic carbocycles. The van der Waals surface area contributed by atoms with Crippen LogP contribution in [-0.4, -0.2) is 36.1 Å². The molecule has 6 nitrogen and oxygen atoms in total. The molecule has 1 saturated carbocycles. The third-order valence-electron chi connectivity index (χ3n) is 5.33. The number of rotatable bonds is 12. The van der Waals surface area contributed by atoms with Crippen LogP contribution in [0.15, 0.2) is 6.20 Å². The van der Waals surface area contributed by atoms with Crippen molar-refractivity contribution in [1.82, 2.24) is 9.78 Å². The minimum atomic E-state index is 0. The van der Waals surface area contributed by atoms with Gasteiger partial charge in [-0.05, 0) is 31.9 Å². The van der Waals surface area contributed by atoms with Gasteiger partial charge in [0, 0.05) is 51.3 Å². The first-order valence-corrected chi connectivity index (χ1v) is 10.3. The summed E-state index contributed by atoms with van der Waals surface area (Å²) in [5.41, 5.74) is 0.949. The van der Waals surface area contributed by atoms with Crippen LogP contribution in [0.25, 0.3) is 0 Å². The van der Waals surface area contributed by atoms with Crippen LogP contribution in [0.5, 0.6) is 0 Å². The summed E-state index contributed by atoms with van der Waals surface area (Å²) in [5.74, 6) is 1.10. The Hall–Kier alpha value is -0.712. The van der Waals surface area contributed by atoms with Gasteiger partial charge in [0.2, 0.25) is 0 Å². The van der Waals surface area contributed by atoms with E-state index in [0.717, 1.165) is 31.4 Å². The van der Waals surface area contributed by atoms with Gasteiger partial charge in [0.25, 0.3) is 0 Å². The van der Waals surface area contributed by atoms with E-state index in [-0.39, 0.29) is 44.6 Å². The summed E-state index contributed by atoms with van der Waals surface area (Å²) in [6.07, 6.45) is 6.53. The second-order valence-electron chi connectivity index (χ2n) is 8.20. The van der Waals surface area contributed by atoms with E-state index in [0.29, 0.717) is 44.7 Å². The summed E-state index contributed by atoms with van der Waals surface area (Å²) in [7, 11) is 0. The molecular weight excluding hydrogens is 528 g/mol. The number of aromatic nitrogens is 2. The summed E-state index contributed by atoms with van der Waals surface area (Å²) in [6.45, 7) is 9.74. The maximum absolute atomic E-state index is 12.1. The molecule has 0 aromatic carbocycles. The average molecular weight is 563 g/mol. The van der Waals surface area contributed by atoms with E-state index in [4.69, 9.17) is 9.47 Å². The van der Waals surface area contributed by atoms with Gasteiger partial charge in [0.05, 0.1) is 26.4 Å². The largest absolute Gasteiger partial charge is 0.596 e. The standard InChI is InChI=1S/C21H35N2O4.W/c1-15(2)20(24)9-10-26-11-12-27-14-18-13-23(22-18)19-7-5-17(6-8-19)21(25)16(3)4;/h13,15-17,19H,5-12,14H2,1-4H3;/q-1;. The second-order valence-corrected chi connectivity index (χ2v) is 8.20. The van der Waals surface area contributed by atoms with Crippen molar-refractivity contribution in [2.24, 2.45) is 17.8 Å². The summed E-state index contributed by atoms with van der Waals surface area (Å²) in [5, 5.41) is 4.53. The molecule has 1 fully saturated rings. The van der Waals surface area contributed by atoms with Crippen LogP contribution in [0.4, 0.5) is 0 Å². The zero-order valence-electron chi connectivity index (χ0n) is 17.7. The Morgan fingerprint density at radius 1 is 1.04 bits per heavy atom. The molecule has 1 aromatic heterocycles. The van der Waals surface area contributed by atoms with Gasteiger partial charge in [-0.25, -0.2) is 0 Å². The Kier molecular flexibility index (Phi) is 11.5. The molecule has 0 aliphatic heterocycles. The number of carbonyl (C=O) groups is 2. The number of Topliss-reactive ketones (excluding diaryl/α,β-unsaturated/α-hetero) is 2. The van der Waals surface area contributed by atoms with Gasteiger partial charge in [0.15, 0.2) is 0 Å². The van der Waals surface area contributed by atoms with E-state index >= 15 is 0 Å². The molecule has 0 radical (unpaired) electrons.